The van der Waals surface area contributed by atoms with Crippen LogP contribution in [0, 0.1) is 20.8 Å². The number of halogens is 6. The molecule has 18 heteroatoms. The second kappa shape index (κ2) is 29.1. The number of aryl methyl sites for hydroxylation is 3. The van der Waals surface area contributed by atoms with Crippen LogP contribution in [0.4, 0.5) is 48.5 Å². The molecular formula is C58H64Cl6N6O6. The first-order valence-electron chi connectivity index (χ1n) is 25.4. The summed E-state index contributed by atoms with van der Waals surface area (Å²) < 4.78 is 20.6. The summed E-state index contributed by atoms with van der Waals surface area (Å²) in [5.74, 6) is 0.825. The number of hydrogen-bond donors (Lipinski definition) is 6. The maximum Gasteiger partial charge on any atom is 0.323 e. The van der Waals surface area contributed by atoms with Crippen molar-refractivity contribution in [1.29, 1.82) is 0 Å². The summed E-state index contributed by atoms with van der Waals surface area (Å²) in [6.45, 7) is 13.3. The molecule has 0 aliphatic carbocycles. The van der Waals surface area contributed by atoms with Crippen molar-refractivity contribution in [3.05, 3.63) is 155 Å². The molecule has 0 spiro atoms. The van der Waals surface area contributed by atoms with Crippen LogP contribution in [-0.2, 0) is 0 Å². The summed E-state index contributed by atoms with van der Waals surface area (Å²) in [4.78, 5) is 41.8. The molecule has 404 valence electrons. The van der Waals surface area contributed by atoms with Gasteiger partial charge in [-0.25, -0.2) is 14.4 Å². The van der Waals surface area contributed by atoms with E-state index in [1.54, 1.807) is 54.6 Å². The molecule has 0 heterocycles. The lowest BCUT2D eigenvalue weighted by atomic mass is 9.80. The van der Waals surface area contributed by atoms with E-state index in [1.165, 1.54) is 0 Å². The predicted octanol–water partition coefficient (Wildman–Crippen LogP) is 19.4. The van der Waals surface area contributed by atoms with Gasteiger partial charge in [-0.2, -0.15) is 0 Å². The third-order valence-corrected chi connectivity index (χ3v) is 13.3. The highest BCUT2D eigenvalue weighted by Gasteiger charge is 2.32. The Kier molecular flexibility index (Phi) is 22.8. The van der Waals surface area contributed by atoms with Crippen LogP contribution in [0.15, 0.2) is 91.0 Å². The zero-order valence-electron chi connectivity index (χ0n) is 43.4. The maximum atomic E-state index is 13.9. The number of ether oxygens (including phenoxy) is 3. The van der Waals surface area contributed by atoms with Crippen molar-refractivity contribution in [3.8, 4) is 17.2 Å². The Hall–Kier alpha value is -5.73. The molecule has 6 rings (SSSR count). The topological polar surface area (TPSA) is 151 Å². The molecule has 76 heavy (non-hydrogen) atoms. The molecule has 6 aromatic rings. The number of rotatable bonds is 24. The Labute approximate surface area is 476 Å². The number of anilines is 6. The number of urea groups is 3. The van der Waals surface area contributed by atoms with Crippen LogP contribution in [-0.4, -0.2) is 37.9 Å². The molecule has 6 N–H and O–H groups in total. The highest BCUT2D eigenvalue weighted by Crippen LogP contribution is 2.50. The van der Waals surface area contributed by atoms with Gasteiger partial charge in [-0.15, -0.1) is 0 Å². The largest absolute Gasteiger partial charge is 0.493 e. The van der Waals surface area contributed by atoms with Crippen molar-refractivity contribution in [3.63, 3.8) is 0 Å². The third-order valence-electron chi connectivity index (χ3n) is 12.0. The fraction of sp³-hybridized carbons (Fsp3) is 0.328. The van der Waals surface area contributed by atoms with E-state index in [1.807, 2.05) is 57.2 Å². The molecule has 0 fully saturated rings. The van der Waals surface area contributed by atoms with Crippen LogP contribution in [0.5, 0.6) is 17.2 Å². The Balaban J connectivity index is 1.63. The minimum absolute atomic E-state index is 0.352. The summed E-state index contributed by atoms with van der Waals surface area (Å²) in [6.07, 6.45) is 8.05. The molecule has 0 aromatic heterocycles. The van der Waals surface area contributed by atoms with Gasteiger partial charge in [-0.1, -0.05) is 129 Å². The number of nitrogens with one attached hydrogen (secondary N) is 6. The van der Waals surface area contributed by atoms with Crippen LogP contribution in [0.2, 0.25) is 30.1 Å². The first-order chi connectivity index (χ1) is 36.4. The molecule has 0 atom stereocenters. The molecule has 12 nitrogen and oxygen atoms in total. The predicted molar refractivity (Wildman–Crippen MR) is 317 cm³/mol. The van der Waals surface area contributed by atoms with Crippen molar-refractivity contribution in [2.75, 3.05) is 51.7 Å². The van der Waals surface area contributed by atoms with E-state index in [9.17, 15) is 14.4 Å². The standard InChI is InChI=1S/C58H64Cl6N6O6/c1-7-10-13-16-74-53-34(4)19-43(65-56(71)68-46-25-37(59)22-38(60)26-46)31-49(53)52(50-32-44(20-35(5)54(50)75-17-14-11-8-2)66-57(72)69-47-27-39(61)23-40(62)28-47)51-33-45(21-36(6)55(51)76-18-15-12-9-3)67-58(73)70-48-29-41(63)24-42(64)30-48/h19-33,52H,7-18H2,1-6H3,(H2,65,68,71)(H2,66,69,72)(H2,67,70,73). The molecule has 0 saturated heterocycles. The minimum atomic E-state index is -0.843. The molecule has 0 unspecified atom stereocenters. The lowest BCUT2D eigenvalue weighted by Gasteiger charge is -2.29. The van der Waals surface area contributed by atoms with E-state index in [4.69, 9.17) is 83.8 Å². The van der Waals surface area contributed by atoms with Gasteiger partial charge >= 0.3 is 18.1 Å². The minimum Gasteiger partial charge on any atom is -0.493 e. The van der Waals surface area contributed by atoms with Gasteiger partial charge in [0.1, 0.15) is 17.2 Å². The lowest BCUT2D eigenvalue weighted by molar-refractivity contribution is 0.261. The van der Waals surface area contributed by atoms with E-state index in [2.05, 4.69) is 52.7 Å². The molecule has 0 aliphatic rings. The highest BCUT2D eigenvalue weighted by atomic mass is 35.5. The highest BCUT2D eigenvalue weighted by molar-refractivity contribution is 6.36. The molecule has 0 aliphatic heterocycles. The normalized spacial score (nSPS) is 11.0. The first kappa shape index (κ1) is 59.5. The lowest BCUT2D eigenvalue weighted by Crippen LogP contribution is -2.21. The third kappa shape index (κ3) is 17.7. The molecule has 0 saturated carbocycles. The summed E-state index contributed by atoms with van der Waals surface area (Å²) in [7, 11) is 0. The van der Waals surface area contributed by atoms with Gasteiger partial charge < -0.3 is 46.1 Å². The number of hydrogen-bond acceptors (Lipinski definition) is 6. The fourth-order valence-corrected chi connectivity index (χ4v) is 10.3. The monoisotopic (exact) mass is 1150 g/mol. The van der Waals surface area contributed by atoms with E-state index in [0.29, 0.717) is 135 Å². The average Bonchev–Trinajstić information content (AvgIpc) is 3.31. The number of unbranched alkanes of at least 4 members (excludes halogenated alkanes) is 6. The Morgan fingerprint density at radius 1 is 0.355 bits per heavy atom. The van der Waals surface area contributed by atoms with Crippen molar-refractivity contribution >= 4 is 122 Å². The second-order valence-corrected chi connectivity index (χ2v) is 21.1. The van der Waals surface area contributed by atoms with Gasteiger partial charge in [-0.05, 0) is 148 Å². The zero-order chi connectivity index (χ0) is 54.9. The molecule has 0 radical (unpaired) electrons. The van der Waals surface area contributed by atoms with E-state index in [0.717, 1.165) is 57.8 Å². The summed E-state index contributed by atoms with van der Waals surface area (Å²) in [6, 6.07) is 23.8. The summed E-state index contributed by atoms with van der Waals surface area (Å²) in [5.41, 5.74) is 6.46. The molecule has 6 amide bonds. The van der Waals surface area contributed by atoms with E-state index in [-0.39, 0.29) is 0 Å². The van der Waals surface area contributed by atoms with Crippen LogP contribution < -0.4 is 46.1 Å². The first-order valence-corrected chi connectivity index (χ1v) is 27.6. The summed E-state index contributed by atoms with van der Waals surface area (Å²) in [5, 5.41) is 19.8. The Bertz CT molecular complexity index is 2640. The maximum absolute atomic E-state index is 13.9. The van der Waals surface area contributed by atoms with Gasteiger partial charge in [-0.3, -0.25) is 0 Å². The van der Waals surface area contributed by atoms with Crippen LogP contribution in [0.25, 0.3) is 0 Å². The number of benzene rings is 6. The van der Waals surface area contributed by atoms with Crippen molar-refractivity contribution < 1.29 is 28.6 Å². The van der Waals surface area contributed by atoms with Gasteiger partial charge in [0.15, 0.2) is 0 Å². The number of carbonyl (C=O) groups excluding carboxylic acids is 3. The summed E-state index contributed by atoms with van der Waals surface area (Å²) >= 11 is 37.9. The van der Waals surface area contributed by atoms with Crippen molar-refractivity contribution in [2.24, 2.45) is 0 Å². The smallest absolute Gasteiger partial charge is 0.323 e. The molecular weight excluding hydrogens is 1090 g/mol. The Morgan fingerprint density at radius 3 is 0.803 bits per heavy atom. The van der Waals surface area contributed by atoms with Crippen LogP contribution in [0.3, 0.4) is 0 Å². The molecule has 6 aromatic carbocycles. The number of carbonyl (C=O) groups is 3. The average molecular weight is 1150 g/mol. The SMILES string of the molecule is CCCCCOc1c(C)cc(NC(=O)Nc2cc(Cl)cc(Cl)c2)cc1C(c1cc(NC(=O)Nc2cc(Cl)cc(Cl)c2)cc(C)c1OCCCCC)c1cc(NC(=O)Nc2cc(Cl)cc(Cl)c2)cc(C)c1OCCCCC. The fourth-order valence-electron chi connectivity index (χ4n) is 8.69. The molecule has 0 bridgehead atoms. The van der Waals surface area contributed by atoms with Crippen molar-refractivity contribution in [2.45, 2.75) is 105 Å². The second-order valence-electron chi connectivity index (χ2n) is 18.4. The van der Waals surface area contributed by atoms with Gasteiger partial charge in [0, 0.05) is 86.9 Å². The van der Waals surface area contributed by atoms with Crippen LogP contribution >= 0.6 is 69.6 Å². The number of amides is 6. The van der Waals surface area contributed by atoms with Crippen LogP contribution in [0.1, 0.15) is 118 Å². The zero-order valence-corrected chi connectivity index (χ0v) is 48.0. The Morgan fingerprint density at radius 2 is 0.579 bits per heavy atom. The van der Waals surface area contributed by atoms with Gasteiger partial charge in [0.25, 0.3) is 0 Å². The van der Waals surface area contributed by atoms with E-state index < -0.39 is 24.0 Å². The quantitative estimate of drug-likeness (QED) is 0.0262. The van der Waals surface area contributed by atoms with Gasteiger partial charge in [0.05, 0.1) is 19.8 Å². The van der Waals surface area contributed by atoms with Gasteiger partial charge in [0.2, 0.25) is 0 Å². The van der Waals surface area contributed by atoms with E-state index >= 15 is 0 Å². The van der Waals surface area contributed by atoms with Crippen molar-refractivity contribution in [1.82, 2.24) is 0 Å².